The number of aromatic nitrogens is 4. The monoisotopic (exact) mass is 630 g/mol. The van der Waals surface area contributed by atoms with Gasteiger partial charge in [-0.15, -0.1) is 11.1 Å². The Morgan fingerprint density at radius 2 is 0.881 bits per heavy atom. The molecule has 2 unspecified atom stereocenters. The molecule has 1 aliphatic rings. The van der Waals surface area contributed by atoms with E-state index in [1.807, 2.05) is 30.5 Å². The number of rotatable bonds is 3. The second-order valence-corrected chi connectivity index (χ2v) is 10.7. The van der Waals surface area contributed by atoms with Crippen molar-refractivity contribution in [1.82, 2.24) is 19.9 Å². The minimum atomic E-state index is -0.230. The van der Waals surface area contributed by atoms with E-state index in [-0.39, 0.29) is 37.2 Å². The molecule has 42 heavy (non-hydrogen) atoms. The van der Waals surface area contributed by atoms with Crippen molar-refractivity contribution in [2.45, 2.75) is 31.6 Å². The van der Waals surface area contributed by atoms with Crippen LogP contribution in [0.4, 0.5) is 0 Å². The maximum atomic E-state index is 5.33. The Kier molecular flexibility index (Phi) is 7.86. The molecule has 6 bridgehead atoms. The number of hydrogen-bond donors (Lipinski definition) is 0. The van der Waals surface area contributed by atoms with Crippen LogP contribution in [-0.2, 0) is 19.5 Å². The summed E-state index contributed by atoms with van der Waals surface area (Å²) in [6.45, 7) is 4.22. The number of fused-ring (bicyclic) bond motifs is 6. The van der Waals surface area contributed by atoms with E-state index < -0.39 is 0 Å². The van der Waals surface area contributed by atoms with Crippen LogP contribution in [0.5, 0.6) is 0 Å². The molecule has 6 aromatic rings. The van der Waals surface area contributed by atoms with Gasteiger partial charge in [-0.2, -0.15) is 59.7 Å². The van der Waals surface area contributed by atoms with E-state index in [1.54, 1.807) is 0 Å². The number of aryl methyl sites for hydroxylation is 2. The largest absolute Gasteiger partial charge is 2.00 e. The van der Waals surface area contributed by atoms with Crippen LogP contribution in [-0.4, -0.2) is 19.9 Å². The molecule has 4 nitrogen and oxygen atoms in total. The van der Waals surface area contributed by atoms with E-state index in [9.17, 15) is 0 Å². The van der Waals surface area contributed by atoms with Crippen LogP contribution in [0.2, 0.25) is 0 Å². The van der Waals surface area contributed by atoms with E-state index >= 15 is 0 Å². The Bertz CT molecular complexity index is 1740. The third-order valence-electron chi connectivity index (χ3n) is 7.72. The smallest absolute Gasteiger partial charge is 0.260 e. The number of nitrogens with zero attached hydrogens (tertiary/aromatic N) is 4. The van der Waals surface area contributed by atoms with Crippen molar-refractivity contribution in [2.24, 2.45) is 0 Å². The fourth-order valence-electron chi connectivity index (χ4n) is 5.86. The van der Waals surface area contributed by atoms with Crippen molar-refractivity contribution in [3.63, 3.8) is 0 Å². The van der Waals surface area contributed by atoms with Gasteiger partial charge in [-0.05, 0) is 48.5 Å². The fraction of sp³-hybridized carbons (Fsp3) is 0.135. The Labute approximate surface area is 259 Å². The van der Waals surface area contributed by atoms with Crippen molar-refractivity contribution >= 4 is 0 Å². The molecule has 0 amide bonds. The first-order chi connectivity index (χ1) is 20.1. The predicted octanol–water partition coefficient (Wildman–Crippen LogP) is 7.34. The molecule has 7 rings (SSSR count). The Morgan fingerprint density at radius 1 is 0.476 bits per heavy atom. The molecule has 5 heteroatoms. The molecule has 1 aliphatic heterocycles. The van der Waals surface area contributed by atoms with Gasteiger partial charge in [-0.25, -0.2) is 0 Å². The van der Waals surface area contributed by atoms with Crippen LogP contribution in [0.15, 0.2) is 115 Å². The summed E-state index contributed by atoms with van der Waals surface area (Å²) in [6, 6.07) is 44.3. The standard InChI is InChI=1S/C37H28N4.Ru/c1-24-10-5-12-26(22-24)35-29-15-7-16-30(39-29)36(27-13-6-11-25(2)23-27)32-18-9-20-34(41-32)37(28-14-3-4-21-38-28)33-19-8-17-31(35)40-33;/h3-11,14-23,35-37H,1-2H3;/q-2;+2. The summed E-state index contributed by atoms with van der Waals surface area (Å²) in [5.41, 5.74) is 10.9. The summed E-state index contributed by atoms with van der Waals surface area (Å²) >= 11 is 0. The molecule has 5 heterocycles. The summed E-state index contributed by atoms with van der Waals surface area (Å²) in [5.74, 6) is -0.606. The predicted molar refractivity (Wildman–Crippen MR) is 160 cm³/mol. The zero-order valence-electron chi connectivity index (χ0n) is 23.3. The van der Waals surface area contributed by atoms with Crippen molar-refractivity contribution in [3.05, 3.63) is 190 Å². The molecule has 0 aliphatic carbocycles. The van der Waals surface area contributed by atoms with E-state index in [4.69, 9.17) is 19.9 Å². The topological polar surface area (TPSA) is 51.6 Å². The SMILES string of the molecule is Cc1cc[c-]c(C2c3cccc(n3)C(c3[c-]ccc(C)c3)c3cccc(n3)C(c3ccccn3)c3cccc2n3)c1.[Ru+2]. The average molecular weight is 630 g/mol. The Hall–Kier alpha value is -4.34. The first-order valence-electron chi connectivity index (χ1n) is 13.9. The zero-order valence-corrected chi connectivity index (χ0v) is 25.1. The minimum absolute atomic E-state index is 0. The molecule has 2 atom stereocenters. The quantitative estimate of drug-likeness (QED) is 0.152. The number of benzene rings is 2. The van der Waals surface area contributed by atoms with Crippen molar-refractivity contribution in [2.75, 3.05) is 0 Å². The minimum Gasteiger partial charge on any atom is -0.260 e. The van der Waals surface area contributed by atoms with E-state index in [2.05, 4.69) is 111 Å². The molecule has 0 fully saturated rings. The van der Waals surface area contributed by atoms with Crippen molar-refractivity contribution in [1.29, 1.82) is 0 Å². The molecular formula is C37H28N4Ru. The van der Waals surface area contributed by atoms with Crippen LogP contribution in [0.1, 0.15) is 79.9 Å². The summed E-state index contributed by atoms with van der Waals surface area (Å²) in [5, 5.41) is 0. The molecule has 0 spiro atoms. The molecule has 204 valence electrons. The van der Waals surface area contributed by atoms with E-state index in [0.29, 0.717) is 0 Å². The van der Waals surface area contributed by atoms with Crippen LogP contribution < -0.4 is 0 Å². The van der Waals surface area contributed by atoms with Gasteiger partial charge < -0.3 is 0 Å². The molecule has 4 aromatic heterocycles. The Morgan fingerprint density at radius 3 is 1.26 bits per heavy atom. The van der Waals surface area contributed by atoms with Crippen LogP contribution >= 0.6 is 0 Å². The molecule has 0 saturated heterocycles. The van der Waals surface area contributed by atoms with Gasteiger partial charge in [-0.3, -0.25) is 19.9 Å². The molecule has 0 radical (unpaired) electrons. The van der Waals surface area contributed by atoms with Gasteiger partial charge >= 0.3 is 19.5 Å². The van der Waals surface area contributed by atoms with Gasteiger partial charge in [0.15, 0.2) is 0 Å². The summed E-state index contributed by atoms with van der Waals surface area (Å²) in [6.07, 6.45) is 1.84. The van der Waals surface area contributed by atoms with E-state index in [0.717, 1.165) is 51.0 Å². The first-order valence-corrected chi connectivity index (χ1v) is 13.9. The average Bonchev–Trinajstić information content (AvgIpc) is 2.99. The maximum absolute atomic E-state index is 5.33. The van der Waals surface area contributed by atoms with Gasteiger partial charge in [0.1, 0.15) is 0 Å². The van der Waals surface area contributed by atoms with Gasteiger partial charge in [0.05, 0.1) is 45.8 Å². The molecular weight excluding hydrogens is 602 g/mol. The number of hydrogen-bond acceptors (Lipinski definition) is 4. The summed E-state index contributed by atoms with van der Waals surface area (Å²) in [7, 11) is 0. The zero-order chi connectivity index (χ0) is 27.8. The van der Waals surface area contributed by atoms with Gasteiger partial charge in [-0.1, -0.05) is 38.1 Å². The third kappa shape index (κ3) is 5.33. The van der Waals surface area contributed by atoms with Crippen LogP contribution in [0.3, 0.4) is 0 Å². The van der Waals surface area contributed by atoms with Crippen molar-refractivity contribution in [3.8, 4) is 0 Å². The summed E-state index contributed by atoms with van der Waals surface area (Å²) < 4.78 is 0. The fourth-order valence-corrected chi connectivity index (χ4v) is 5.86. The number of pyridine rings is 4. The normalized spacial score (nSPS) is 17.3. The molecule has 0 N–H and O–H groups in total. The van der Waals surface area contributed by atoms with E-state index in [1.165, 1.54) is 11.1 Å². The van der Waals surface area contributed by atoms with Gasteiger partial charge in [0.25, 0.3) is 0 Å². The molecule has 0 saturated carbocycles. The van der Waals surface area contributed by atoms with Crippen LogP contribution in [0.25, 0.3) is 0 Å². The second-order valence-electron chi connectivity index (χ2n) is 10.7. The van der Waals surface area contributed by atoms with Crippen molar-refractivity contribution < 1.29 is 19.5 Å². The summed E-state index contributed by atoms with van der Waals surface area (Å²) in [4.78, 5) is 20.7. The van der Waals surface area contributed by atoms with Gasteiger partial charge in [0, 0.05) is 18.0 Å². The first kappa shape index (κ1) is 27.8. The molecule has 2 aromatic carbocycles. The van der Waals surface area contributed by atoms with Gasteiger partial charge in [0.2, 0.25) is 0 Å². The van der Waals surface area contributed by atoms with Crippen LogP contribution in [0, 0.1) is 26.0 Å². The third-order valence-corrected chi connectivity index (χ3v) is 7.72. The maximum Gasteiger partial charge on any atom is 2.00 e. The second kappa shape index (κ2) is 11.9. The Balaban J connectivity index is 0.00000316.